The first-order valence-electron chi connectivity index (χ1n) is 6.53. The molecule has 98 valence electrons. The topological polar surface area (TPSA) is 66.9 Å². The average Bonchev–Trinajstić information content (AvgIpc) is 2.77. The Bertz CT molecular complexity index is 410. The minimum atomic E-state index is -0.177. The maximum absolute atomic E-state index is 11.5. The monoisotopic (exact) mass is 248 g/mol. The smallest absolute Gasteiger partial charge is 0.271 e. The van der Waals surface area contributed by atoms with Crippen LogP contribution < -0.4 is 10.6 Å². The molecular weight excluding hydrogens is 228 g/mol. The van der Waals surface area contributed by atoms with Gasteiger partial charge in [0.2, 0.25) is 0 Å². The van der Waals surface area contributed by atoms with Gasteiger partial charge < -0.3 is 10.6 Å². The van der Waals surface area contributed by atoms with E-state index in [2.05, 4.69) is 27.8 Å². The van der Waals surface area contributed by atoms with E-state index >= 15 is 0 Å². The summed E-state index contributed by atoms with van der Waals surface area (Å²) in [7, 11) is 0. The second-order valence-electron chi connectivity index (χ2n) is 5.06. The van der Waals surface area contributed by atoms with Crippen molar-refractivity contribution in [2.75, 3.05) is 11.9 Å². The van der Waals surface area contributed by atoms with Crippen LogP contribution in [0.25, 0.3) is 0 Å². The predicted molar refractivity (Wildman–Crippen MR) is 70.5 cm³/mol. The molecule has 0 unspecified atom stereocenters. The molecule has 0 aromatic carbocycles. The van der Waals surface area contributed by atoms with Crippen LogP contribution in [-0.2, 0) is 0 Å². The lowest BCUT2D eigenvalue weighted by Gasteiger charge is -2.25. The zero-order chi connectivity index (χ0) is 13.0. The lowest BCUT2D eigenvalue weighted by molar-refractivity contribution is 0.0950. The van der Waals surface area contributed by atoms with Gasteiger partial charge in [-0.25, -0.2) is 0 Å². The summed E-state index contributed by atoms with van der Waals surface area (Å²) in [4.78, 5) is 11.5. The molecule has 0 radical (unpaired) electrons. The molecule has 2 rings (SSSR count). The molecule has 0 bridgehead atoms. The molecule has 5 nitrogen and oxygen atoms in total. The van der Waals surface area contributed by atoms with Gasteiger partial charge in [-0.1, -0.05) is 12.8 Å². The highest BCUT2D eigenvalue weighted by Crippen LogP contribution is 2.31. The van der Waals surface area contributed by atoms with Crippen LogP contribution in [0.4, 0.5) is 5.82 Å². The van der Waals surface area contributed by atoms with E-state index in [9.17, 15) is 4.79 Å². The molecule has 1 amide bonds. The second kappa shape index (κ2) is 5.33. The fourth-order valence-electron chi connectivity index (χ4n) is 2.36. The van der Waals surface area contributed by atoms with Gasteiger partial charge in [-0.15, -0.1) is 10.2 Å². The summed E-state index contributed by atoms with van der Waals surface area (Å²) in [6, 6.07) is 3.53. The van der Waals surface area contributed by atoms with Crippen LogP contribution in [0.5, 0.6) is 0 Å². The number of nitrogens with one attached hydrogen (secondary N) is 2. The summed E-state index contributed by atoms with van der Waals surface area (Å²) >= 11 is 0. The van der Waals surface area contributed by atoms with Crippen molar-refractivity contribution < 1.29 is 4.79 Å². The van der Waals surface area contributed by atoms with Crippen LogP contribution in [0.3, 0.4) is 0 Å². The van der Waals surface area contributed by atoms with Crippen LogP contribution >= 0.6 is 0 Å². The number of aromatic nitrogens is 2. The van der Waals surface area contributed by atoms with Gasteiger partial charge in [0.05, 0.1) is 0 Å². The summed E-state index contributed by atoms with van der Waals surface area (Å²) < 4.78 is 0. The van der Waals surface area contributed by atoms with Crippen molar-refractivity contribution in [1.82, 2.24) is 15.5 Å². The van der Waals surface area contributed by atoms with Gasteiger partial charge in [-0.3, -0.25) is 4.79 Å². The number of amides is 1. The standard InChI is InChI=1S/C13H20N4O/c1-3-14-12(18)10-6-7-11(17-16-10)15-13(2)8-4-5-9-13/h6-7H,3-5,8-9H2,1-2H3,(H,14,18)(H,15,17). The molecule has 0 aliphatic heterocycles. The molecule has 18 heavy (non-hydrogen) atoms. The zero-order valence-electron chi connectivity index (χ0n) is 11.0. The summed E-state index contributed by atoms with van der Waals surface area (Å²) in [6.07, 6.45) is 4.83. The zero-order valence-corrected chi connectivity index (χ0v) is 11.0. The number of carbonyl (C=O) groups is 1. The van der Waals surface area contributed by atoms with Gasteiger partial charge in [0.25, 0.3) is 5.91 Å². The van der Waals surface area contributed by atoms with Crippen LogP contribution in [0, 0.1) is 0 Å². The van der Waals surface area contributed by atoms with E-state index in [1.807, 2.05) is 13.0 Å². The molecular formula is C13H20N4O. The Hall–Kier alpha value is -1.65. The van der Waals surface area contributed by atoms with Crippen molar-refractivity contribution in [2.24, 2.45) is 0 Å². The Labute approximate surface area is 107 Å². The van der Waals surface area contributed by atoms with Crippen LogP contribution in [0.2, 0.25) is 0 Å². The van der Waals surface area contributed by atoms with Gasteiger partial charge in [0.1, 0.15) is 5.82 Å². The van der Waals surface area contributed by atoms with E-state index in [1.54, 1.807) is 6.07 Å². The molecule has 1 aromatic rings. The van der Waals surface area contributed by atoms with Gasteiger partial charge in [-0.2, -0.15) is 0 Å². The highest BCUT2D eigenvalue weighted by molar-refractivity contribution is 5.92. The molecule has 1 aliphatic carbocycles. The maximum Gasteiger partial charge on any atom is 0.271 e. The predicted octanol–water partition coefficient (Wildman–Crippen LogP) is 1.97. The van der Waals surface area contributed by atoms with E-state index in [-0.39, 0.29) is 11.4 Å². The highest BCUT2D eigenvalue weighted by atomic mass is 16.1. The first-order valence-corrected chi connectivity index (χ1v) is 6.53. The van der Waals surface area contributed by atoms with Crippen LogP contribution in [-0.4, -0.2) is 28.2 Å². The number of rotatable bonds is 4. The molecule has 2 N–H and O–H groups in total. The summed E-state index contributed by atoms with van der Waals surface area (Å²) in [5, 5.41) is 14.1. The van der Waals surface area contributed by atoms with Gasteiger partial charge >= 0.3 is 0 Å². The van der Waals surface area contributed by atoms with E-state index in [1.165, 1.54) is 12.8 Å². The number of carbonyl (C=O) groups excluding carboxylic acids is 1. The molecule has 1 fully saturated rings. The number of hydrogen-bond acceptors (Lipinski definition) is 4. The molecule has 0 saturated heterocycles. The van der Waals surface area contributed by atoms with Crippen molar-refractivity contribution in [1.29, 1.82) is 0 Å². The van der Waals surface area contributed by atoms with Crippen molar-refractivity contribution >= 4 is 11.7 Å². The third-order valence-corrected chi connectivity index (χ3v) is 3.37. The average molecular weight is 248 g/mol. The number of nitrogens with zero attached hydrogens (tertiary/aromatic N) is 2. The van der Waals surface area contributed by atoms with Crippen LogP contribution in [0.1, 0.15) is 50.0 Å². The number of anilines is 1. The molecule has 1 aromatic heterocycles. The van der Waals surface area contributed by atoms with E-state index in [4.69, 9.17) is 0 Å². The number of hydrogen-bond donors (Lipinski definition) is 2. The Morgan fingerprint density at radius 2 is 2.06 bits per heavy atom. The third-order valence-electron chi connectivity index (χ3n) is 3.37. The van der Waals surface area contributed by atoms with Crippen molar-refractivity contribution in [3.63, 3.8) is 0 Å². The molecule has 0 atom stereocenters. The highest BCUT2D eigenvalue weighted by Gasteiger charge is 2.28. The first-order chi connectivity index (χ1) is 8.63. The Balaban J connectivity index is 2.01. The lowest BCUT2D eigenvalue weighted by Crippen LogP contribution is -2.31. The van der Waals surface area contributed by atoms with Crippen LogP contribution in [0.15, 0.2) is 12.1 Å². The van der Waals surface area contributed by atoms with Gasteiger partial charge in [0.15, 0.2) is 5.69 Å². The lowest BCUT2D eigenvalue weighted by atomic mass is 10.0. The van der Waals surface area contributed by atoms with Gasteiger partial charge in [-0.05, 0) is 38.8 Å². The van der Waals surface area contributed by atoms with E-state index in [0.717, 1.165) is 18.7 Å². The van der Waals surface area contributed by atoms with Crippen molar-refractivity contribution in [3.8, 4) is 0 Å². The summed E-state index contributed by atoms with van der Waals surface area (Å²) in [5.74, 6) is 0.566. The quantitative estimate of drug-likeness (QED) is 0.855. The Morgan fingerprint density at radius 3 is 2.61 bits per heavy atom. The van der Waals surface area contributed by atoms with Crippen molar-refractivity contribution in [2.45, 2.75) is 45.1 Å². The summed E-state index contributed by atoms with van der Waals surface area (Å²) in [6.45, 7) is 4.68. The fourth-order valence-corrected chi connectivity index (χ4v) is 2.36. The maximum atomic E-state index is 11.5. The first kappa shape index (κ1) is 12.8. The SMILES string of the molecule is CCNC(=O)c1ccc(NC2(C)CCCC2)nn1. The Kier molecular flexibility index (Phi) is 3.79. The molecule has 1 saturated carbocycles. The van der Waals surface area contributed by atoms with Gasteiger partial charge in [0, 0.05) is 12.1 Å². The van der Waals surface area contributed by atoms with E-state index < -0.39 is 0 Å². The minimum absolute atomic E-state index is 0.127. The molecule has 1 aliphatic rings. The largest absolute Gasteiger partial charge is 0.363 e. The van der Waals surface area contributed by atoms with E-state index in [0.29, 0.717) is 12.2 Å². The third kappa shape index (κ3) is 2.97. The fraction of sp³-hybridized carbons (Fsp3) is 0.615. The molecule has 0 spiro atoms. The Morgan fingerprint density at radius 1 is 1.33 bits per heavy atom. The molecule has 1 heterocycles. The van der Waals surface area contributed by atoms with Crippen molar-refractivity contribution in [3.05, 3.63) is 17.8 Å². The minimum Gasteiger partial charge on any atom is -0.363 e. The molecule has 5 heteroatoms. The summed E-state index contributed by atoms with van der Waals surface area (Å²) in [5.41, 5.74) is 0.487. The normalized spacial score (nSPS) is 17.4. The second-order valence-corrected chi connectivity index (χ2v) is 5.06.